The van der Waals surface area contributed by atoms with Gasteiger partial charge in [-0.25, -0.2) is 0 Å². The normalized spacial score (nSPS) is 15.1. The van der Waals surface area contributed by atoms with E-state index >= 15 is 0 Å². The van der Waals surface area contributed by atoms with Crippen molar-refractivity contribution in [1.82, 2.24) is 15.4 Å². The van der Waals surface area contributed by atoms with Crippen LogP contribution in [0.5, 0.6) is 5.75 Å². The number of carbonyl (C=O) groups excluding carboxylic acids is 1. The highest BCUT2D eigenvalue weighted by molar-refractivity contribution is 5.93. The zero-order valence-corrected chi connectivity index (χ0v) is 18.4. The minimum absolute atomic E-state index is 0.114. The van der Waals surface area contributed by atoms with Crippen LogP contribution in [0, 0.1) is 13.8 Å². The van der Waals surface area contributed by atoms with Crippen LogP contribution in [0.15, 0.2) is 53.1 Å². The number of amides is 1. The number of nitrogens with one attached hydrogen (secondary N) is 1. The Morgan fingerprint density at radius 2 is 1.84 bits per heavy atom. The van der Waals surface area contributed by atoms with Gasteiger partial charge in [0.25, 0.3) is 5.91 Å². The third-order valence-electron chi connectivity index (χ3n) is 6.07. The topological polar surface area (TPSA) is 67.6 Å². The second kappa shape index (κ2) is 9.35. The first-order valence-electron chi connectivity index (χ1n) is 10.8. The molecule has 162 valence electrons. The molecule has 2 heterocycles. The fourth-order valence-corrected chi connectivity index (χ4v) is 4.03. The van der Waals surface area contributed by atoms with Crippen LogP contribution in [0.4, 0.5) is 0 Å². The molecule has 1 fully saturated rings. The third-order valence-corrected chi connectivity index (χ3v) is 6.07. The summed E-state index contributed by atoms with van der Waals surface area (Å²) in [6, 6.07) is 16.0. The summed E-state index contributed by atoms with van der Waals surface area (Å²) >= 11 is 0. The van der Waals surface area contributed by atoms with Crippen molar-refractivity contribution in [3.63, 3.8) is 0 Å². The van der Waals surface area contributed by atoms with E-state index in [2.05, 4.69) is 41.4 Å². The molecule has 6 nitrogen and oxygen atoms in total. The van der Waals surface area contributed by atoms with Crippen molar-refractivity contribution in [3.05, 3.63) is 70.9 Å². The Balaban J connectivity index is 1.46. The summed E-state index contributed by atoms with van der Waals surface area (Å²) < 4.78 is 10.7. The molecule has 0 bridgehead atoms. The van der Waals surface area contributed by atoms with Gasteiger partial charge in [0, 0.05) is 18.2 Å². The molecule has 4 rings (SSSR count). The molecule has 1 N–H and O–H groups in total. The Bertz CT molecular complexity index is 1040. The average Bonchev–Trinajstić information content (AvgIpc) is 3.49. The van der Waals surface area contributed by atoms with Gasteiger partial charge in [0.2, 0.25) is 0 Å². The van der Waals surface area contributed by atoms with E-state index in [1.807, 2.05) is 30.3 Å². The van der Waals surface area contributed by atoms with Gasteiger partial charge in [0.05, 0.1) is 13.2 Å². The van der Waals surface area contributed by atoms with Crippen LogP contribution in [0.1, 0.15) is 46.1 Å². The van der Waals surface area contributed by atoms with E-state index in [1.165, 1.54) is 29.5 Å². The maximum atomic E-state index is 12.8. The largest absolute Gasteiger partial charge is 0.497 e. The van der Waals surface area contributed by atoms with E-state index in [1.54, 1.807) is 13.2 Å². The molecule has 0 aliphatic carbocycles. The minimum Gasteiger partial charge on any atom is -0.497 e. The van der Waals surface area contributed by atoms with Gasteiger partial charge in [-0.05, 0) is 74.7 Å². The number of aryl methyl sites for hydroxylation is 2. The maximum Gasteiger partial charge on any atom is 0.273 e. The number of methoxy groups -OCH3 is 1. The van der Waals surface area contributed by atoms with Crippen molar-refractivity contribution in [3.8, 4) is 17.1 Å². The quantitative estimate of drug-likeness (QED) is 0.609. The van der Waals surface area contributed by atoms with Gasteiger partial charge in [-0.2, -0.15) is 0 Å². The molecule has 0 saturated carbocycles. The molecule has 1 amide bonds. The molecular weight excluding hydrogens is 390 g/mol. The lowest BCUT2D eigenvalue weighted by Crippen LogP contribution is -2.36. The molecule has 31 heavy (non-hydrogen) atoms. The summed E-state index contributed by atoms with van der Waals surface area (Å²) in [5.74, 6) is 1.20. The van der Waals surface area contributed by atoms with Crippen LogP contribution in [0.25, 0.3) is 11.3 Å². The first-order chi connectivity index (χ1) is 15.0. The van der Waals surface area contributed by atoms with E-state index in [4.69, 9.17) is 9.26 Å². The second-order valence-corrected chi connectivity index (χ2v) is 8.12. The van der Waals surface area contributed by atoms with Gasteiger partial charge in [-0.3, -0.25) is 9.69 Å². The molecule has 1 atom stereocenters. The Morgan fingerprint density at radius 3 is 2.52 bits per heavy atom. The summed E-state index contributed by atoms with van der Waals surface area (Å²) in [4.78, 5) is 15.2. The highest BCUT2D eigenvalue weighted by atomic mass is 16.5. The summed E-state index contributed by atoms with van der Waals surface area (Å²) in [6.45, 7) is 6.70. The monoisotopic (exact) mass is 419 g/mol. The van der Waals surface area contributed by atoms with Crippen LogP contribution in [-0.2, 0) is 0 Å². The van der Waals surface area contributed by atoms with Gasteiger partial charge in [-0.1, -0.05) is 29.4 Å². The molecule has 1 aromatic heterocycles. The highest BCUT2D eigenvalue weighted by Crippen LogP contribution is 2.27. The van der Waals surface area contributed by atoms with Crippen LogP contribution in [0.2, 0.25) is 0 Å². The zero-order valence-electron chi connectivity index (χ0n) is 18.4. The molecule has 0 spiro atoms. The molecule has 1 unspecified atom stereocenters. The lowest BCUT2D eigenvalue weighted by atomic mass is 10.0. The van der Waals surface area contributed by atoms with Gasteiger partial charge < -0.3 is 14.6 Å². The minimum atomic E-state index is -0.225. The van der Waals surface area contributed by atoms with Crippen molar-refractivity contribution < 1.29 is 14.1 Å². The lowest BCUT2D eigenvalue weighted by molar-refractivity contribution is 0.0929. The Hall–Kier alpha value is -3.12. The predicted molar refractivity (Wildman–Crippen MR) is 120 cm³/mol. The standard InChI is InChI=1S/C25H29N3O3/c1-17-6-7-20(14-18(17)2)24-15-22(27-31-24)25(29)26-16-23(28-12-4-5-13-28)19-8-10-21(30-3)11-9-19/h6-11,14-15,23H,4-5,12-13,16H2,1-3H3,(H,26,29). The number of aromatic nitrogens is 1. The summed E-state index contributed by atoms with van der Waals surface area (Å²) in [5.41, 5.74) is 4.77. The zero-order chi connectivity index (χ0) is 21.8. The molecule has 1 aliphatic heterocycles. The molecule has 1 aliphatic rings. The summed E-state index contributed by atoms with van der Waals surface area (Å²) in [6.07, 6.45) is 2.37. The molecule has 3 aromatic rings. The van der Waals surface area contributed by atoms with Crippen molar-refractivity contribution in [2.24, 2.45) is 0 Å². The number of ether oxygens (including phenoxy) is 1. The molecule has 2 aromatic carbocycles. The third kappa shape index (κ3) is 4.80. The second-order valence-electron chi connectivity index (χ2n) is 8.12. The van der Waals surface area contributed by atoms with E-state index in [0.717, 1.165) is 24.4 Å². The number of benzene rings is 2. The summed E-state index contributed by atoms with van der Waals surface area (Å²) in [7, 11) is 1.66. The molecule has 6 heteroatoms. The van der Waals surface area contributed by atoms with E-state index in [-0.39, 0.29) is 11.9 Å². The average molecular weight is 420 g/mol. The predicted octanol–water partition coefficient (Wildman–Crippen LogP) is 4.53. The molecular formula is C25H29N3O3. The van der Waals surface area contributed by atoms with Crippen molar-refractivity contribution in [2.45, 2.75) is 32.7 Å². The van der Waals surface area contributed by atoms with Gasteiger partial charge >= 0.3 is 0 Å². The lowest BCUT2D eigenvalue weighted by Gasteiger charge is -2.28. The van der Waals surface area contributed by atoms with Crippen molar-refractivity contribution in [1.29, 1.82) is 0 Å². The van der Waals surface area contributed by atoms with Crippen LogP contribution >= 0.6 is 0 Å². The van der Waals surface area contributed by atoms with Crippen LogP contribution in [0.3, 0.4) is 0 Å². The smallest absolute Gasteiger partial charge is 0.273 e. The fraction of sp³-hybridized carbons (Fsp3) is 0.360. The first-order valence-corrected chi connectivity index (χ1v) is 10.8. The van der Waals surface area contributed by atoms with Crippen molar-refractivity contribution >= 4 is 5.91 Å². The number of rotatable bonds is 7. The maximum absolute atomic E-state index is 12.8. The molecule has 0 radical (unpaired) electrons. The number of hydrogen-bond acceptors (Lipinski definition) is 5. The van der Waals surface area contributed by atoms with Gasteiger partial charge in [-0.15, -0.1) is 0 Å². The Morgan fingerprint density at radius 1 is 1.10 bits per heavy atom. The fourth-order valence-electron chi connectivity index (χ4n) is 4.03. The van der Waals surface area contributed by atoms with E-state index in [9.17, 15) is 4.79 Å². The Labute approximate surface area is 183 Å². The molecule has 1 saturated heterocycles. The van der Waals surface area contributed by atoms with E-state index in [0.29, 0.717) is 18.0 Å². The van der Waals surface area contributed by atoms with Crippen molar-refractivity contribution in [2.75, 3.05) is 26.7 Å². The number of hydrogen-bond donors (Lipinski definition) is 1. The van der Waals surface area contributed by atoms with Gasteiger partial charge in [0.1, 0.15) is 5.75 Å². The number of carbonyl (C=O) groups is 1. The van der Waals surface area contributed by atoms with Crippen LogP contribution < -0.4 is 10.1 Å². The van der Waals surface area contributed by atoms with E-state index < -0.39 is 0 Å². The number of likely N-dealkylation sites (tertiary alicyclic amines) is 1. The summed E-state index contributed by atoms with van der Waals surface area (Å²) in [5, 5.41) is 7.05. The first kappa shape index (κ1) is 21.1. The highest BCUT2D eigenvalue weighted by Gasteiger charge is 2.25. The Kier molecular flexibility index (Phi) is 6.37. The van der Waals surface area contributed by atoms with Gasteiger partial charge in [0.15, 0.2) is 11.5 Å². The number of nitrogens with zero attached hydrogens (tertiary/aromatic N) is 2. The van der Waals surface area contributed by atoms with Crippen LogP contribution in [-0.4, -0.2) is 42.7 Å². The SMILES string of the molecule is COc1ccc(C(CNC(=O)c2cc(-c3ccc(C)c(C)c3)on2)N2CCCC2)cc1.